The summed E-state index contributed by atoms with van der Waals surface area (Å²) in [6.45, 7) is 3.44. The first-order valence-corrected chi connectivity index (χ1v) is 4.76. The number of benzene rings is 1. The molecule has 0 radical (unpaired) electrons. The van der Waals surface area contributed by atoms with Gasteiger partial charge in [-0.3, -0.25) is 0 Å². The Morgan fingerprint density at radius 2 is 2.06 bits per heavy atom. The zero-order chi connectivity index (χ0) is 12.2. The first-order chi connectivity index (χ1) is 7.54. The molecule has 2 N–H and O–H groups in total. The summed E-state index contributed by atoms with van der Waals surface area (Å²) in [7, 11) is 1.52. The molecule has 0 heterocycles. The van der Waals surface area contributed by atoms with Gasteiger partial charge in [-0.1, -0.05) is 18.2 Å². The van der Waals surface area contributed by atoms with Crippen molar-refractivity contribution in [1.82, 2.24) is 0 Å². The van der Waals surface area contributed by atoms with Crippen molar-refractivity contribution in [2.24, 2.45) is 0 Å². The van der Waals surface area contributed by atoms with Crippen molar-refractivity contribution in [2.75, 3.05) is 7.11 Å². The van der Waals surface area contributed by atoms with E-state index in [9.17, 15) is 9.90 Å². The Kier molecular flexibility index (Phi) is 3.68. The number of aliphatic hydroxyl groups is 1. The molecule has 1 aromatic carbocycles. The number of hydrogen-bond acceptors (Lipinski definition) is 3. The summed E-state index contributed by atoms with van der Waals surface area (Å²) in [5.74, 6) is -0.687. The lowest BCUT2D eigenvalue weighted by molar-refractivity contribution is -0.159. The van der Waals surface area contributed by atoms with Crippen LogP contribution in [0, 0.1) is 0 Å². The maximum Gasteiger partial charge on any atom is 0.340 e. The molecule has 4 heteroatoms. The van der Waals surface area contributed by atoms with Gasteiger partial charge >= 0.3 is 5.97 Å². The second kappa shape index (κ2) is 4.81. The van der Waals surface area contributed by atoms with Crippen LogP contribution >= 0.6 is 0 Å². The molecule has 1 aromatic rings. The third kappa shape index (κ3) is 2.23. The van der Waals surface area contributed by atoms with Gasteiger partial charge in [0.15, 0.2) is 5.60 Å². The summed E-state index contributed by atoms with van der Waals surface area (Å²) in [6.07, 6.45) is 1.33. The number of carboxylic acid groups (broad SMARTS) is 1. The van der Waals surface area contributed by atoms with Crippen LogP contribution in [-0.4, -0.2) is 23.3 Å². The monoisotopic (exact) mass is 222 g/mol. The first kappa shape index (κ1) is 12.3. The molecule has 0 aliphatic heterocycles. The number of ether oxygens (including phenoxy) is 1. The summed E-state index contributed by atoms with van der Waals surface area (Å²) in [6, 6.07) is 6.26. The second-order valence-electron chi connectivity index (χ2n) is 3.39. The number of hydrogen-bond donors (Lipinski definition) is 2. The highest BCUT2D eigenvalue weighted by atomic mass is 16.5. The molecule has 0 spiro atoms. The minimum absolute atomic E-state index is 0.0470. The highest BCUT2D eigenvalue weighted by Gasteiger charge is 2.36. The molecule has 1 rings (SSSR count). The molecule has 0 fully saturated rings. The Hall–Kier alpha value is -1.81. The van der Waals surface area contributed by atoms with Gasteiger partial charge in [-0.2, -0.15) is 0 Å². The molecule has 0 aliphatic carbocycles. The number of aliphatic carboxylic acids is 1. The molecule has 4 nitrogen and oxygen atoms in total. The van der Waals surface area contributed by atoms with Crippen LogP contribution in [0.5, 0.6) is 5.75 Å². The molecule has 0 bridgehead atoms. The van der Waals surface area contributed by atoms with Gasteiger partial charge in [0, 0.05) is 6.42 Å². The molecule has 0 saturated heterocycles. The number of carbonyl (C=O) groups is 1. The molecule has 1 unspecified atom stereocenters. The highest BCUT2D eigenvalue weighted by Crippen LogP contribution is 2.27. The SMILES string of the molecule is C=CCC(O)(C(=O)O)c1ccc(OC)cc1. The van der Waals surface area contributed by atoms with Gasteiger partial charge in [-0.25, -0.2) is 4.79 Å². The Bertz CT molecular complexity index is 383. The first-order valence-electron chi connectivity index (χ1n) is 4.76. The van der Waals surface area contributed by atoms with Crippen LogP contribution in [0.3, 0.4) is 0 Å². The molecule has 0 aliphatic rings. The normalized spacial score (nSPS) is 13.9. The van der Waals surface area contributed by atoms with Crippen LogP contribution in [0.4, 0.5) is 0 Å². The van der Waals surface area contributed by atoms with Gasteiger partial charge in [0.2, 0.25) is 0 Å². The summed E-state index contributed by atoms with van der Waals surface area (Å²) in [5, 5.41) is 19.0. The summed E-state index contributed by atoms with van der Waals surface area (Å²) < 4.78 is 4.95. The van der Waals surface area contributed by atoms with Crippen molar-refractivity contribution in [2.45, 2.75) is 12.0 Å². The summed E-state index contributed by atoms with van der Waals surface area (Å²) >= 11 is 0. The standard InChI is InChI=1S/C12H14O4/c1-3-8-12(15,11(13)14)9-4-6-10(16-2)7-5-9/h3-7,15H,1,8H2,2H3,(H,13,14). The van der Waals surface area contributed by atoms with E-state index in [1.807, 2.05) is 0 Å². The van der Waals surface area contributed by atoms with E-state index in [0.29, 0.717) is 11.3 Å². The average molecular weight is 222 g/mol. The maximum atomic E-state index is 11.0. The van der Waals surface area contributed by atoms with E-state index < -0.39 is 11.6 Å². The predicted octanol–water partition coefficient (Wildman–Crippen LogP) is 1.54. The van der Waals surface area contributed by atoms with E-state index in [2.05, 4.69) is 6.58 Å². The zero-order valence-electron chi connectivity index (χ0n) is 9.01. The van der Waals surface area contributed by atoms with Crippen molar-refractivity contribution in [3.63, 3.8) is 0 Å². The maximum absolute atomic E-state index is 11.0. The number of methoxy groups -OCH3 is 1. The second-order valence-corrected chi connectivity index (χ2v) is 3.39. The van der Waals surface area contributed by atoms with E-state index in [4.69, 9.17) is 9.84 Å². The minimum Gasteiger partial charge on any atom is -0.497 e. The van der Waals surface area contributed by atoms with Crippen LogP contribution in [0.15, 0.2) is 36.9 Å². The van der Waals surface area contributed by atoms with Crippen LogP contribution in [0.1, 0.15) is 12.0 Å². The molecule has 86 valence electrons. The fourth-order valence-corrected chi connectivity index (χ4v) is 1.40. The van der Waals surface area contributed by atoms with Crippen LogP contribution < -0.4 is 4.74 Å². The Balaban J connectivity index is 3.11. The molecule has 0 amide bonds. The van der Waals surface area contributed by atoms with E-state index in [-0.39, 0.29) is 6.42 Å². The lowest BCUT2D eigenvalue weighted by atomic mass is 9.90. The van der Waals surface area contributed by atoms with Crippen LogP contribution in [0.25, 0.3) is 0 Å². The third-order valence-electron chi connectivity index (χ3n) is 2.36. The van der Waals surface area contributed by atoms with Gasteiger partial charge < -0.3 is 14.9 Å². The van der Waals surface area contributed by atoms with Gasteiger partial charge in [0.1, 0.15) is 5.75 Å². The molecular weight excluding hydrogens is 208 g/mol. The lowest BCUT2D eigenvalue weighted by Gasteiger charge is -2.22. The third-order valence-corrected chi connectivity index (χ3v) is 2.36. The number of carboxylic acids is 1. The van der Waals surface area contributed by atoms with Gasteiger partial charge in [0.25, 0.3) is 0 Å². The van der Waals surface area contributed by atoms with Gasteiger partial charge in [-0.15, -0.1) is 6.58 Å². The van der Waals surface area contributed by atoms with Crippen molar-refractivity contribution in [3.05, 3.63) is 42.5 Å². The molecular formula is C12H14O4. The Morgan fingerprint density at radius 1 is 1.50 bits per heavy atom. The van der Waals surface area contributed by atoms with E-state index in [1.54, 1.807) is 12.1 Å². The lowest BCUT2D eigenvalue weighted by Crippen LogP contribution is -2.34. The number of rotatable bonds is 5. The van der Waals surface area contributed by atoms with Gasteiger partial charge in [0.05, 0.1) is 7.11 Å². The topological polar surface area (TPSA) is 66.8 Å². The van der Waals surface area contributed by atoms with Crippen molar-refractivity contribution in [3.8, 4) is 5.75 Å². The fourth-order valence-electron chi connectivity index (χ4n) is 1.40. The molecule has 16 heavy (non-hydrogen) atoms. The van der Waals surface area contributed by atoms with Crippen molar-refractivity contribution < 1.29 is 19.7 Å². The van der Waals surface area contributed by atoms with E-state index >= 15 is 0 Å². The average Bonchev–Trinajstić information content (AvgIpc) is 2.29. The minimum atomic E-state index is -1.92. The highest BCUT2D eigenvalue weighted by molar-refractivity contribution is 5.79. The smallest absolute Gasteiger partial charge is 0.340 e. The largest absolute Gasteiger partial charge is 0.497 e. The van der Waals surface area contributed by atoms with Crippen LogP contribution in [-0.2, 0) is 10.4 Å². The van der Waals surface area contributed by atoms with Crippen molar-refractivity contribution >= 4 is 5.97 Å². The van der Waals surface area contributed by atoms with Crippen LogP contribution in [0.2, 0.25) is 0 Å². The molecule has 1 atom stereocenters. The zero-order valence-corrected chi connectivity index (χ0v) is 9.01. The van der Waals surface area contributed by atoms with E-state index in [0.717, 1.165) is 0 Å². The summed E-state index contributed by atoms with van der Waals surface area (Å²) in [4.78, 5) is 11.0. The predicted molar refractivity (Wildman–Crippen MR) is 59.3 cm³/mol. The Morgan fingerprint density at radius 3 is 2.44 bits per heavy atom. The van der Waals surface area contributed by atoms with Gasteiger partial charge in [-0.05, 0) is 17.7 Å². The van der Waals surface area contributed by atoms with Crippen molar-refractivity contribution in [1.29, 1.82) is 0 Å². The van der Waals surface area contributed by atoms with E-state index in [1.165, 1.54) is 25.3 Å². The molecule has 0 aromatic heterocycles. The molecule has 0 saturated carbocycles. The Labute approximate surface area is 93.8 Å². The quantitative estimate of drug-likeness (QED) is 0.742. The summed E-state index contributed by atoms with van der Waals surface area (Å²) in [5.41, 5.74) is -1.62. The fraction of sp³-hybridized carbons (Fsp3) is 0.250.